The summed E-state index contributed by atoms with van der Waals surface area (Å²) in [4.78, 5) is 21.6. The zero-order chi connectivity index (χ0) is 24.1. The third-order valence-electron chi connectivity index (χ3n) is 5.76. The average molecular weight is 484 g/mol. The van der Waals surface area contributed by atoms with Gasteiger partial charge in [0, 0.05) is 38.2 Å². The van der Waals surface area contributed by atoms with Crippen molar-refractivity contribution < 1.29 is 17.7 Å². The predicted octanol–water partition coefficient (Wildman–Crippen LogP) is 2.81. The molecule has 4 rings (SSSR count). The van der Waals surface area contributed by atoms with E-state index in [4.69, 9.17) is 4.52 Å². The maximum Gasteiger partial charge on any atom is 0.256 e. The average Bonchev–Trinajstić information content (AvgIpc) is 3.28. The molecule has 2 heterocycles. The summed E-state index contributed by atoms with van der Waals surface area (Å²) < 4.78 is 31.1. The van der Waals surface area contributed by atoms with E-state index in [9.17, 15) is 13.2 Å². The summed E-state index contributed by atoms with van der Waals surface area (Å²) in [6.45, 7) is 5.60. The number of nitrogens with one attached hydrogen (secondary N) is 1. The maximum absolute atomic E-state index is 13.0. The second-order valence-corrected chi connectivity index (χ2v) is 10.3. The number of sulfonamides is 1. The molecule has 0 unspecified atom stereocenters. The van der Waals surface area contributed by atoms with Crippen molar-refractivity contribution in [2.24, 2.45) is 0 Å². The second kappa shape index (κ2) is 10.4. The van der Waals surface area contributed by atoms with Gasteiger partial charge in [-0.3, -0.25) is 14.4 Å². The van der Waals surface area contributed by atoms with Gasteiger partial charge in [0.1, 0.15) is 0 Å². The van der Waals surface area contributed by atoms with E-state index in [0.717, 1.165) is 37.9 Å². The third-order valence-corrected chi connectivity index (χ3v) is 6.35. The van der Waals surface area contributed by atoms with Crippen LogP contribution in [0.5, 0.6) is 0 Å². The fourth-order valence-corrected chi connectivity index (χ4v) is 4.51. The standard InChI is InChI=1S/C24H29N5O4S/c1-18-9-11-19(12-10-18)23-25-22(33-26-23)8-5-13-28-14-16-29(17-15-28)24(30)20-6-3-4-7-21(20)27-34(2,31)32/h3-4,6-7,9-12,27H,5,8,13-17H2,1-2H3. The summed E-state index contributed by atoms with van der Waals surface area (Å²) >= 11 is 0. The van der Waals surface area contributed by atoms with E-state index in [1.807, 2.05) is 31.2 Å². The van der Waals surface area contributed by atoms with Gasteiger partial charge in [0.2, 0.25) is 21.7 Å². The Morgan fingerprint density at radius 1 is 1.06 bits per heavy atom. The van der Waals surface area contributed by atoms with Crippen LogP contribution in [0.3, 0.4) is 0 Å². The van der Waals surface area contributed by atoms with E-state index in [1.54, 1.807) is 29.2 Å². The summed E-state index contributed by atoms with van der Waals surface area (Å²) in [6.07, 6.45) is 2.65. The number of aryl methyl sites for hydroxylation is 2. The number of para-hydroxylation sites is 1. The van der Waals surface area contributed by atoms with E-state index >= 15 is 0 Å². The number of benzene rings is 2. The summed E-state index contributed by atoms with van der Waals surface area (Å²) in [5, 5.41) is 4.08. The van der Waals surface area contributed by atoms with Crippen LogP contribution in [0.1, 0.15) is 28.2 Å². The number of nitrogens with zero attached hydrogens (tertiary/aromatic N) is 4. The molecule has 1 aromatic heterocycles. The summed E-state index contributed by atoms with van der Waals surface area (Å²) in [5.41, 5.74) is 2.79. The Morgan fingerprint density at radius 3 is 2.47 bits per heavy atom. The molecule has 9 nitrogen and oxygen atoms in total. The Balaban J connectivity index is 1.25. The highest BCUT2D eigenvalue weighted by atomic mass is 32.2. The minimum Gasteiger partial charge on any atom is -0.339 e. The molecule has 1 saturated heterocycles. The highest BCUT2D eigenvalue weighted by Crippen LogP contribution is 2.20. The molecule has 1 amide bonds. The lowest BCUT2D eigenvalue weighted by Gasteiger charge is -2.35. The lowest BCUT2D eigenvalue weighted by molar-refractivity contribution is 0.0636. The van der Waals surface area contributed by atoms with Gasteiger partial charge in [0.25, 0.3) is 5.91 Å². The Hall–Kier alpha value is -3.24. The molecule has 1 fully saturated rings. The molecule has 0 saturated carbocycles. The van der Waals surface area contributed by atoms with Crippen LogP contribution in [0.15, 0.2) is 53.1 Å². The van der Waals surface area contributed by atoms with Crippen molar-refractivity contribution in [3.05, 3.63) is 65.5 Å². The lowest BCUT2D eigenvalue weighted by Crippen LogP contribution is -2.49. The summed E-state index contributed by atoms with van der Waals surface area (Å²) in [6, 6.07) is 14.7. The monoisotopic (exact) mass is 483 g/mol. The maximum atomic E-state index is 13.0. The van der Waals surface area contributed by atoms with Gasteiger partial charge in [-0.1, -0.05) is 47.1 Å². The summed E-state index contributed by atoms with van der Waals surface area (Å²) in [7, 11) is -3.47. The largest absolute Gasteiger partial charge is 0.339 e. The van der Waals surface area contributed by atoms with E-state index in [2.05, 4.69) is 19.8 Å². The normalized spacial score (nSPS) is 14.8. The molecule has 2 aromatic carbocycles. The first-order chi connectivity index (χ1) is 16.3. The van der Waals surface area contributed by atoms with Gasteiger partial charge < -0.3 is 9.42 Å². The van der Waals surface area contributed by atoms with Gasteiger partial charge in [0.05, 0.1) is 17.5 Å². The molecule has 1 aliphatic rings. The predicted molar refractivity (Wildman–Crippen MR) is 130 cm³/mol. The van der Waals surface area contributed by atoms with Gasteiger partial charge in [-0.15, -0.1) is 0 Å². The number of carbonyl (C=O) groups is 1. The molecule has 1 aliphatic heterocycles. The zero-order valence-corrected chi connectivity index (χ0v) is 20.2. The quantitative estimate of drug-likeness (QED) is 0.525. The molecule has 1 N–H and O–H groups in total. The molecule has 0 radical (unpaired) electrons. The SMILES string of the molecule is Cc1ccc(-c2noc(CCCN3CCN(C(=O)c4ccccc4NS(C)(=O)=O)CC3)n2)cc1. The Bertz CT molecular complexity index is 1230. The van der Waals surface area contributed by atoms with Crippen LogP contribution < -0.4 is 4.72 Å². The van der Waals surface area contributed by atoms with Crippen molar-refractivity contribution in [1.82, 2.24) is 19.9 Å². The minimum absolute atomic E-state index is 0.166. The molecular weight excluding hydrogens is 454 g/mol. The third kappa shape index (κ3) is 6.21. The highest BCUT2D eigenvalue weighted by molar-refractivity contribution is 7.92. The zero-order valence-electron chi connectivity index (χ0n) is 19.4. The molecule has 0 aliphatic carbocycles. The van der Waals surface area contributed by atoms with Gasteiger partial charge in [-0.2, -0.15) is 4.98 Å². The number of hydrogen-bond donors (Lipinski definition) is 1. The van der Waals surface area contributed by atoms with Gasteiger partial charge >= 0.3 is 0 Å². The van der Waals surface area contributed by atoms with Crippen LogP contribution >= 0.6 is 0 Å². The van der Waals surface area contributed by atoms with Crippen molar-refractivity contribution >= 4 is 21.6 Å². The fourth-order valence-electron chi connectivity index (χ4n) is 3.93. The first kappa shape index (κ1) is 23.9. The molecule has 0 spiro atoms. The molecule has 0 bridgehead atoms. The van der Waals surface area contributed by atoms with E-state index in [-0.39, 0.29) is 5.91 Å². The number of hydrogen-bond acceptors (Lipinski definition) is 7. The van der Waals surface area contributed by atoms with Crippen molar-refractivity contribution in [3.8, 4) is 11.4 Å². The topological polar surface area (TPSA) is 109 Å². The Kier molecular flexibility index (Phi) is 7.28. The summed E-state index contributed by atoms with van der Waals surface area (Å²) in [5.74, 6) is 1.06. The van der Waals surface area contributed by atoms with Crippen LogP contribution in [0.4, 0.5) is 5.69 Å². The van der Waals surface area contributed by atoms with Crippen molar-refractivity contribution in [2.45, 2.75) is 19.8 Å². The molecule has 0 atom stereocenters. The van der Waals surface area contributed by atoms with Gasteiger partial charge in [-0.05, 0) is 32.0 Å². The molecule has 10 heteroatoms. The van der Waals surface area contributed by atoms with E-state index in [1.165, 1.54) is 5.56 Å². The van der Waals surface area contributed by atoms with E-state index < -0.39 is 10.0 Å². The van der Waals surface area contributed by atoms with Crippen LogP contribution in [0.2, 0.25) is 0 Å². The van der Waals surface area contributed by atoms with Crippen LogP contribution in [-0.4, -0.2) is 73.2 Å². The molecular formula is C24H29N5O4S. The highest BCUT2D eigenvalue weighted by Gasteiger charge is 2.24. The first-order valence-electron chi connectivity index (χ1n) is 11.3. The number of amides is 1. The lowest BCUT2D eigenvalue weighted by atomic mass is 10.1. The first-order valence-corrected chi connectivity index (χ1v) is 13.2. The molecule has 34 heavy (non-hydrogen) atoms. The molecule has 180 valence electrons. The second-order valence-electron chi connectivity index (χ2n) is 8.53. The Morgan fingerprint density at radius 2 is 1.76 bits per heavy atom. The smallest absolute Gasteiger partial charge is 0.256 e. The van der Waals surface area contributed by atoms with Crippen LogP contribution in [0, 0.1) is 6.92 Å². The van der Waals surface area contributed by atoms with Gasteiger partial charge in [-0.25, -0.2) is 8.42 Å². The number of anilines is 1. The van der Waals surface area contributed by atoms with Crippen molar-refractivity contribution in [1.29, 1.82) is 0 Å². The minimum atomic E-state index is -3.47. The molecule has 3 aromatic rings. The van der Waals surface area contributed by atoms with Crippen LogP contribution in [-0.2, 0) is 16.4 Å². The van der Waals surface area contributed by atoms with Crippen molar-refractivity contribution in [3.63, 3.8) is 0 Å². The number of piperazine rings is 1. The number of rotatable bonds is 8. The Labute approximate surface area is 199 Å². The van der Waals surface area contributed by atoms with Crippen LogP contribution in [0.25, 0.3) is 11.4 Å². The van der Waals surface area contributed by atoms with Gasteiger partial charge in [0.15, 0.2) is 0 Å². The number of carbonyl (C=O) groups excluding carboxylic acids is 1. The van der Waals surface area contributed by atoms with E-state index in [0.29, 0.717) is 42.5 Å². The van der Waals surface area contributed by atoms with Crippen molar-refractivity contribution in [2.75, 3.05) is 43.7 Å². The fraction of sp³-hybridized carbons (Fsp3) is 0.375. The number of aromatic nitrogens is 2.